The van der Waals surface area contributed by atoms with E-state index in [1.807, 2.05) is 0 Å². The van der Waals surface area contributed by atoms with Crippen molar-refractivity contribution in [1.82, 2.24) is 4.90 Å². The van der Waals surface area contributed by atoms with E-state index in [4.69, 9.17) is 5.73 Å². The lowest BCUT2D eigenvalue weighted by Gasteiger charge is -2.51. The van der Waals surface area contributed by atoms with Gasteiger partial charge in [-0.3, -0.25) is 4.90 Å². The molecule has 0 spiro atoms. The van der Waals surface area contributed by atoms with Crippen LogP contribution in [0.5, 0.6) is 0 Å². The highest BCUT2D eigenvalue weighted by atomic mass is 35.5. The number of rotatable bonds is 4. The lowest BCUT2D eigenvalue weighted by atomic mass is 9.65. The summed E-state index contributed by atoms with van der Waals surface area (Å²) in [5.74, 6) is 0.559. The summed E-state index contributed by atoms with van der Waals surface area (Å²) in [4.78, 5) is 2.44. The zero-order valence-corrected chi connectivity index (χ0v) is 16.8. The Kier molecular flexibility index (Phi) is 8.24. The Morgan fingerprint density at radius 1 is 1.17 bits per heavy atom. The Morgan fingerprint density at radius 2 is 1.88 bits per heavy atom. The van der Waals surface area contributed by atoms with Crippen LogP contribution < -0.4 is 5.73 Å². The summed E-state index contributed by atoms with van der Waals surface area (Å²) < 4.78 is 0. The number of thiophene rings is 1. The topological polar surface area (TPSA) is 29.3 Å². The van der Waals surface area contributed by atoms with Gasteiger partial charge >= 0.3 is 0 Å². The number of nitrogens with zero attached hydrogens (tertiary/aromatic N) is 1. The van der Waals surface area contributed by atoms with Gasteiger partial charge in [-0.2, -0.15) is 11.3 Å². The molecule has 2 aromatic rings. The fraction of sp³-hybridized carbons (Fsp3) is 0.474. The Balaban J connectivity index is 0.00000144. The molecule has 2 N–H and O–H groups in total. The predicted octanol–water partition coefficient (Wildman–Crippen LogP) is 4.72. The third kappa shape index (κ3) is 4.14. The van der Waals surface area contributed by atoms with E-state index >= 15 is 0 Å². The third-order valence-corrected chi connectivity index (χ3v) is 6.02. The Bertz CT molecular complexity index is 589. The first-order valence-electron chi connectivity index (χ1n) is 8.12. The summed E-state index contributed by atoms with van der Waals surface area (Å²) >= 11 is 1.79. The molecule has 5 heteroatoms. The van der Waals surface area contributed by atoms with Crippen molar-refractivity contribution in [1.29, 1.82) is 0 Å². The summed E-state index contributed by atoms with van der Waals surface area (Å²) in [6.45, 7) is 0. The third-order valence-electron chi connectivity index (χ3n) is 5.29. The molecule has 1 saturated carbocycles. The number of hydrogen-bond donors (Lipinski definition) is 1. The molecular formula is C19H28Cl2N2S. The van der Waals surface area contributed by atoms with Crippen LogP contribution >= 0.6 is 36.2 Å². The molecule has 0 saturated heterocycles. The predicted molar refractivity (Wildman–Crippen MR) is 110 cm³/mol. The van der Waals surface area contributed by atoms with Crippen LogP contribution in [0.1, 0.15) is 30.4 Å². The standard InChI is InChI=1S/C19H26N2S.2ClH/c1-21(2)19(16-6-4-3-5-7-16)10-8-18(20)13-17(19)12-15-9-11-22-14-15;;/h3-7,9,11,14,17-18H,8,10,12-13,20H2,1-2H3;2*1H. The van der Waals surface area contributed by atoms with E-state index in [0.717, 1.165) is 25.7 Å². The van der Waals surface area contributed by atoms with E-state index in [1.165, 1.54) is 11.1 Å². The Hall–Kier alpha value is -0.580. The van der Waals surface area contributed by atoms with Gasteiger partial charge in [0.15, 0.2) is 0 Å². The smallest absolute Gasteiger partial charge is 0.0487 e. The van der Waals surface area contributed by atoms with E-state index in [0.29, 0.717) is 12.0 Å². The van der Waals surface area contributed by atoms with E-state index in [9.17, 15) is 0 Å². The molecule has 0 bridgehead atoms. The molecule has 0 aliphatic heterocycles. The molecule has 3 rings (SSSR count). The monoisotopic (exact) mass is 386 g/mol. The van der Waals surface area contributed by atoms with Crippen molar-refractivity contribution in [3.8, 4) is 0 Å². The van der Waals surface area contributed by atoms with Crippen LogP contribution in [0.4, 0.5) is 0 Å². The molecule has 1 aliphatic carbocycles. The van der Waals surface area contributed by atoms with Crippen LogP contribution in [-0.4, -0.2) is 25.0 Å². The van der Waals surface area contributed by atoms with Gasteiger partial charge in [0.1, 0.15) is 0 Å². The fourth-order valence-corrected chi connectivity index (χ4v) is 4.87. The zero-order chi connectivity index (χ0) is 15.6. The molecule has 0 radical (unpaired) electrons. The maximum absolute atomic E-state index is 6.34. The van der Waals surface area contributed by atoms with Crippen molar-refractivity contribution >= 4 is 36.2 Å². The summed E-state index contributed by atoms with van der Waals surface area (Å²) in [7, 11) is 4.45. The molecule has 1 aromatic carbocycles. The van der Waals surface area contributed by atoms with Gasteiger partial charge in [0.05, 0.1) is 0 Å². The van der Waals surface area contributed by atoms with Gasteiger partial charge in [-0.25, -0.2) is 0 Å². The van der Waals surface area contributed by atoms with Crippen molar-refractivity contribution in [3.63, 3.8) is 0 Å². The van der Waals surface area contributed by atoms with Gasteiger partial charge < -0.3 is 5.73 Å². The minimum absolute atomic E-state index is 0. The highest BCUT2D eigenvalue weighted by Gasteiger charge is 2.45. The summed E-state index contributed by atoms with van der Waals surface area (Å²) in [6, 6.07) is 13.6. The number of nitrogens with two attached hydrogens (primary N) is 1. The largest absolute Gasteiger partial charge is 0.328 e. The van der Waals surface area contributed by atoms with E-state index in [2.05, 4.69) is 66.2 Å². The molecular weight excluding hydrogens is 359 g/mol. The number of benzene rings is 1. The molecule has 0 amide bonds. The average Bonchev–Trinajstić information content (AvgIpc) is 3.01. The van der Waals surface area contributed by atoms with Crippen LogP contribution in [0.15, 0.2) is 47.2 Å². The highest BCUT2D eigenvalue weighted by molar-refractivity contribution is 7.07. The van der Waals surface area contributed by atoms with E-state index < -0.39 is 0 Å². The molecule has 3 unspecified atom stereocenters. The molecule has 3 atom stereocenters. The first-order chi connectivity index (χ1) is 10.6. The minimum Gasteiger partial charge on any atom is -0.328 e. The van der Waals surface area contributed by atoms with Crippen molar-refractivity contribution in [2.75, 3.05) is 14.1 Å². The van der Waals surface area contributed by atoms with Crippen LogP contribution in [0.2, 0.25) is 0 Å². The Labute approximate surface area is 162 Å². The molecule has 2 nitrogen and oxygen atoms in total. The van der Waals surface area contributed by atoms with Crippen molar-refractivity contribution in [2.45, 2.75) is 37.3 Å². The van der Waals surface area contributed by atoms with Crippen LogP contribution in [0.25, 0.3) is 0 Å². The van der Waals surface area contributed by atoms with Gasteiger partial charge in [0.2, 0.25) is 0 Å². The lowest BCUT2D eigenvalue weighted by Crippen LogP contribution is -2.53. The quantitative estimate of drug-likeness (QED) is 0.823. The maximum atomic E-state index is 6.34. The molecule has 1 aliphatic rings. The van der Waals surface area contributed by atoms with Gasteiger partial charge in [-0.1, -0.05) is 30.3 Å². The zero-order valence-electron chi connectivity index (χ0n) is 14.4. The summed E-state index contributed by atoms with van der Waals surface area (Å²) in [5, 5.41) is 4.46. The SMILES string of the molecule is CN(C)C1(c2ccccc2)CCC(N)CC1Cc1ccsc1.Cl.Cl. The van der Waals surface area contributed by atoms with Gasteiger partial charge in [0.25, 0.3) is 0 Å². The minimum atomic E-state index is 0. The highest BCUT2D eigenvalue weighted by Crippen LogP contribution is 2.46. The second-order valence-corrected chi connectivity index (χ2v) is 7.53. The first kappa shape index (κ1) is 21.5. The lowest BCUT2D eigenvalue weighted by molar-refractivity contribution is 0.0265. The average molecular weight is 387 g/mol. The van der Waals surface area contributed by atoms with E-state index in [1.54, 1.807) is 11.3 Å². The second kappa shape index (κ2) is 9.21. The second-order valence-electron chi connectivity index (χ2n) is 6.75. The van der Waals surface area contributed by atoms with Crippen molar-refractivity contribution in [2.24, 2.45) is 11.7 Å². The molecule has 134 valence electrons. The summed E-state index contributed by atoms with van der Waals surface area (Å²) in [5.41, 5.74) is 9.32. The Morgan fingerprint density at radius 3 is 2.46 bits per heavy atom. The summed E-state index contributed by atoms with van der Waals surface area (Å²) in [6.07, 6.45) is 4.46. The van der Waals surface area contributed by atoms with Crippen LogP contribution in [-0.2, 0) is 12.0 Å². The molecule has 1 heterocycles. The number of hydrogen-bond acceptors (Lipinski definition) is 3. The molecule has 1 fully saturated rings. The van der Waals surface area contributed by atoms with Gasteiger partial charge in [0, 0.05) is 11.6 Å². The van der Waals surface area contributed by atoms with Crippen LogP contribution in [0.3, 0.4) is 0 Å². The molecule has 24 heavy (non-hydrogen) atoms. The van der Waals surface area contributed by atoms with E-state index in [-0.39, 0.29) is 30.4 Å². The van der Waals surface area contributed by atoms with Crippen molar-refractivity contribution in [3.05, 3.63) is 58.3 Å². The molecule has 1 aromatic heterocycles. The maximum Gasteiger partial charge on any atom is 0.0487 e. The van der Waals surface area contributed by atoms with Gasteiger partial charge in [-0.15, -0.1) is 24.8 Å². The fourth-order valence-electron chi connectivity index (χ4n) is 4.19. The van der Waals surface area contributed by atoms with Crippen molar-refractivity contribution < 1.29 is 0 Å². The van der Waals surface area contributed by atoms with Crippen LogP contribution in [0, 0.1) is 5.92 Å². The first-order valence-corrected chi connectivity index (χ1v) is 9.07. The number of halogens is 2. The van der Waals surface area contributed by atoms with Gasteiger partial charge in [-0.05, 0) is 73.6 Å². The normalized spacial score (nSPS) is 26.5.